The van der Waals surface area contributed by atoms with Crippen LogP contribution in [0.25, 0.3) is 0 Å². The van der Waals surface area contributed by atoms with Crippen LogP contribution in [-0.2, 0) is 4.74 Å². The number of aryl methyl sites for hydroxylation is 2. The van der Waals surface area contributed by atoms with Gasteiger partial charge in [0, 0.05) is 31.0 Å². The van der Waals surface area contributed by atoms with E-state index in [0.717, 1.165) is 28.9 Å². The number of urea groups is 2. The summed E-state index contributed by atoms with van der Waals surface area (Å²) in [5, 5.41) is 8.67. The summed E-state index contributed by atoms with van der Waals surface area (Å²) in [4.78, 5) is 27.2. The second-order valence-electron chi connectivity index (χ2n) is 11.5. The molecule has 0 unspecified atom stereocenters. The molecule has 0 spiro atoms. The highest BCUT2D eigenvalue weighted by molar-refractivity contribution is 5.90. The lowest BCUT2D eigenvalue weighted by molar-refractivity contribution is -0.0494. The Morgan fingerprint density at radius 1 is 0.919 bits per heavy atom. The topological polar surface area (TPSA) is 82.7 Å². The fourth-order valence-corrected chi connectivity index (χ4v) is 5.96. The zero-order valence-electron chi connectivity index (χ0n) is 22.9. The Labute approximate surface area is 221 Å². The summed E-state index contributed by atoms with van der Waals surface area (Å²) in [6.07, 6.45) is 3.80. The predicted octanol–water partition coefficient (Wildman–Crippen LogP) is 6.19. The number of hydrogen-bond donors (Lipinski definition) is 3. The van der Waals surface area contributed by atoms with E-state index in [1.165, 1.54) is 12.8 Å². The van der Waals surface area contributed by atoms with Crippen molar-refractivity contribution in [2.45, 2.75) is 60.0 Å². The Bertz CT molecular complexity index is 1080. The van der Waals surface area contributed by atoms with Crippen molar-refractivity contribution in [2.75, 3.05) is 36.9 Å². The monoisotopic (exact) mass is 506 g/mol. The number of ether oxygens (including phenoxy) is 1. The highest BCUT2D eigenvalue weighted by Gasteiger charge is 2.61. The van der Waals surface area contributed by atoms with Crippen LogP contribution in [0.4, 0.5) is 21.0 Å². The van der Waals surface area contributed by atoms with Crippen LogP contribution in [-0.4, -0.2) is 49.3 Å². The fourth-order valence-electron chi connectivity index (χ4n) is 5.96. The second-order valence-corrected chi connectivity index (χ2v) is 11.5. The largest absolute Gasteiger partial charge is 0.376 e. The van der Waals surface area contributed by atoms with Crippen LogP contribution in [0.1, 0.15) is 51.2 Å². The van der Waals surface area contributed by atoms with E-state index in [1.54, 1.807) is 4.90 Å². The van der Waals surface area contributed by atoms with Crippen LogP contribution < -0.4 is 16.0 Å². The lowest BCUT2D eigenvalue weighted by atomic mass is 9.70. The maximum atomic E-state index is 13.1. The summed E-state index contributed by atoms with van der Waals surface area (Å²) >= 11 is 0. The van der Waals surface area contributed by atoms with Gasteiger partial charge in [0.2, 0.25) is 0 Å². The number of carbonyl (C=O) groups excluding carboxylic acids is 2. The highest BCUT2D eigenvalue weighted by atomic mass is 16.5. The Hall–Kier alpha value is -3.06. The molecule has 200 valence electrons. The van der Waals surface area contributed by atoms with Gasteiger partial charge >= 0.3 is 12.1 Å². The van der Waals surface area contributed by atoms with Crippen molar-refractivity contribution < 1.29 is 14.3 Å². The van der Waals surface area contributed by atoms with E-state index in [4.69, 9.17) is 4.74 Å². The fraction of sp³-hybridized carbons (Fsp3) is 0.533. The molecule has 0 heterocycles. The van der Waals surface area contributed by atoms with E-state index in [1.807, 2.05) is 62.4 Å². The molecule has 0 aromatic heterocycles. The molecule has 0 aliphatic heterocycles. The molecular formula is C30H42N4O3. The average molecular weight is 507 g/mol. The number of amides is 4. The van der Waals surface area contributed by atoms with E-state index in [0.29, 0.717) is 32.2 Å². The Morgan fingerprint density at radius 2 is 1.51 bits per heavy atom. The number of nitrogens with one attached hydrogen (secondary N) is 3. The van der Waals surface area contributed by atoms with Gasteiger partial charge in [-0.2, -0.15) is 0 Å². The molecule has 2 saturated carbocycles. The van der Waals surface area contributed by atoms with Crippen molar-refractivity contribution in [1.29, 1.82) is 0 Å². The third kappa shape index (κ3) is 6.09. The van der Waals surface area contributed by atoms with Gasteiger partial charge in [-0.3, -0.25) is 0 Å². The molecule has 2 aromatic rings. The third-order valence-corrected chi connectivity index (χ3v) is 8.96. The average Bonchev–Trinajstić information content (AvgIpc) is 3.19. The lowest BCUT2D eigenvalue weighted by Crippen LogP contribution is -2.44. The number of anilines is 2. The number of fused-ring (bicyclic) bond motifs is 2. The van der Waals surface area contributed by atoms with Gasteiger partial charge in [-0.25, -0.2) is 9.59 Å². The summed E-state index contributed by atoms with van der Waals surface area (Å²) < 4.78 is 6.42. The van der Waals surface area contributed by atoms with Crippen molar-refractivity contribution >= 4 is 23.4 Å². The number of rotatable bonds is 9. The second kappa shape index (κ2) is 11.1. The van der Waals surface area contributed by atoms with E-state index >= 15 is 0 Å². The van der Waals surface area contributed by atoms with Crippen molar-refractivity contribution in [3.63, 3.8) is 0 Å². The molecule has 2 aromatic carbocycles. The molecule has 7 heteroatoms. The van der Waals surface area contributed by atoms with Crippen LogP contribution in [0.15, 0.2) is 48.5 Å². The number of benzene rings is 2. The van der Waals surface area contributed by atoms with Gasteiger partial charge in [0.1, 0.15) is 0 Å². The van der Waals surface area contributed by atoms with Crippen molar-refractivity contribution in [1.82, 2.24) is 10.2 Å². The third-order valence-electron chi connectivity index (χ3n) is 8.96. The molecule has 2 fully saturated rings. The van der Waals surface area contributed by atoms with Gasteiger partial charge in [0.05, 0.1) is 12.7 Å². The summed E-state index contributed by atoms with van der Waals surface area (Å²) in [6.45, 7) is 12.8. The highest BCUT2D eigenvalue weighted by Crippen LogP contribution is 2.66. The van der Waals surface area contributed by atoms with E-state index in [-0.39, 0.29) is 29.0 Å². The Kier molecular flexibility index (Phi) is 8.12. The first-order chi connectivity index (χ1) is 17.6. The predicted molar refractivity (Wildman–Crippen MR) is 149 cm³/mol. The maximum absolute atomic E-state index is 13.1. The number of nitrogens with zero attached hydrogens (tertiary/aromatic N) is 1. The minimum absolute atomic E-state index is 0.183. The first kappa shape index (κ1) is 27.0. The lowest BCUT2D eigenvalue weighted by Gasteiger charge is -2.39. The smallest absolute Gasteiger partial charge is 0.321 e. The first-order valence-electron chi connectivity index (χ1n) is 13.4. The summed E-state index contributed by atoms with van der Waals surface area (Å²) in [7, 11) is 0. The van der Waals surface area contributed by atoms with Crippen LogP contribution in [0, 0.1) is 30.6 Å². The molecular weight excluding hydrogens is 464 g/mol. The molecule has 0 saturated heterocycles. The molecule has 0 radical (unpaired) electrons. The van der Waals surface area contributed by atoms with Crippen LogP contribution in [0.5, 0.6) is 0 Å². The normalized spacial score (nSPS) is 23.5. The molecule has 4 rings (SSSR count). The van der Waals surface area contributed by atoms with E-state index in [2.05, 4.69) is 36.7 Å². The first-order valence-corrected chi connectivity index (χ1v) is 13.4. The molecule has 3 N–H and O–H groups in total. The molecule has 2 aliphatic carbocycles. The Morgan fingerprint density at radius 3 is 2.05 bits per heavy atom. The van der Waals surface area contributed by atoms with Gasteiger partial charge in [0.25, 0.3) is 0 Å². The number of carbonyl (C=O) groups is 2. The van der Waals surface area contributed by atoms with E-state index in [9.17, 15) is 9.59 Å². The van der Waals surface area contributed by atoms with E-state index < -0.39 is 0 Å². The summed E-state index contributed by atoms with van der Waals surface area (Å²) in [5.74, 6) is 0.708. The molecule has 37 heavy (non-hydrogen) atoms. The summed E-state index contributed by atoms with van der Waals surface area (Å²) in [5.41, 5.74) is 4.21. The molecule has 2 aliphatic rings. The minimum atomic E-state index is -0.295. The van der Waals surface area contributed by atoms with Crippen molar-refractivity contribution in [3.8, 4) is 0 Å². The minimum Gasteiger partial charge on any atom is -0.376 e. The maximum Gasteiger partial charge on any atom is 0.321 e. The zero-order valence-corrected chi connectivity index (χ0v) is 22.9. The standard InChI is InChI=1S/C30H42N4O3/c1-21-6-10-24(11-7-21)32-27(35)31-16-17-34(28(36)33-25-12-8-22(2)9-13-25)18-19-37-26-20-23-14-15-30(26,5)29(23,3)4/h6-13,23,26H,14-20H2,1-5H3,(H,33,36)(H2,31,32,35)/t23-,26+,30-/m1/s1. The SMILES string of the molecule is Cc1ccc(NC(=O)NCCN(CCO[C@H]2C[C@H]3CC[C@@]2(C)C3(C)C)C(=O)Nc2ccc(C)cc2)cc1. The van der Waals surface area contributed by atoms with Crippen LogP contribution >= 0.6 is 0 Å². The van der Waals surface area contributed by atoms with Gasteiger partial charge in [-0.1, -0.05) is 56.2 Å². The zero-order chi connectivity index (χ0) is 26.6. The van der Waals surface area contributed by atoms with Crippen LogP contribution in [0.3, 0.4) is 0 Å². The summed E-state index contributed by atoms with van der Waals surface area (Å²) in [6, 6.07) is 14.9. The van der Waals surface area contributed by atoms with Gasteiger partial charge in [0.15, 0.2) is 0 Å². The van der Waals surface area contributed by atoms with Gasteiger partial charge in [-0.05, 0) is 74.1 Å². The van der Waals surface area contributed by atoms with Crippen molar-refractivity contribution in [3.05, 3.63) is 59.7 Å². The van der Waals surface area contributed by atoms with Gasteiger partial charge in [-0.15, -0.1) is 0 Å². The van der Waals surface area contributed by atoms with Gasteiger partial charge < -0.3 is 25.6 Å². The molecule has 2 bridgehead atoms. The quantitative estimate of drug-likeness (QED) is 0.379. The van der Waals surface area contributed by atoms with Crippen LogP contribution in [0.2, 0.25) is 0 Å². The number of hydrogen-bond acceptors (Lipinski definition) is 3. The van der Waals surface area contributed by atoms with Crippen molar-refractivity contribution in [2.24, 2.45) is 16.7 Å². The molecule has 7 nitrogen and oxygen atoms in total. The Balaban J connectivity index is 1.31. The molecule has 4 amide bonds. The molecule has 3 atom stereocenters.